The molecule has 0 bridgehead atoms. The Labute approximate surface area is 119 Å². The lowest BCUT2D eigenvalue weighted by molar-refractivity contribution is -0.117. The van der Waals surface area contributed by atoms with E-state index in [2.05, 4.69) is 5.32 Å². The molecule has 19 heavy (non-hydrogen) atoms. The number of carbonyl (C=O) groups is 1. The van der Waals surface area contributed by atoms with E-state index < -0.39 is 0 Å². The third-order valence-electron chi connectivity index (χ3n) is 3.50. The first-order valence-corrected chi connectivity index (χ1v) is 7.36. The second kappa shape index (κ2) is 7.34. The zero-order valence-corrected chi connectivity index (χ0v) is 11.8. The van der Waals surface area contributed by atoms with E-state index in [9.17, 15) is 4.79 Å². The minimum Gasteiger partial charge on any atom is -0.350 e. The maximum atomic E-state index is 11.8. The molecule has 1 fully saturated rings. The van der Waals surface area contributed by atoms with Gasteiger partial charge in [-0.2, -0.15) is 0 Å². The molecule has 2 nitrogen and oxygen atoms in total. The molecule has 1 aliphatic carbocycles. The predicted octanol–water partition coefficient (Wildman–Crippen LogP) is 4.19. The van der Waals surface area contributed by atoms with Crippen molar-refractivity contribution in [1.29, 1.82) is 0 Å². The summed E-state index contributed by atoms with van der Waals surface area (Å²) < 4.78 is 0. The number of rotatable bonds is 3. The highest BCUT2D eigenvalue weighted by Crippen LogP contribution is 2.17. The molecule has 0 aliphatic heterocycles. The van der Waals surface area contributed by atoms with E-state index >= 15 is 0 Å². The molecule has 0 atom stereocenters. The van der Waals surface area contributed by atoms with Crippen LogP contribution in [0.5, 0.6) is 0 Å². The van der Waals surface area contributed by atoms with Gasteiger partial charge in [-0.25, -0.2) is 0 Å². The lowest BCUT2D eigenvalue weighted by Gasteiger charge is -2.14. The Morgan fingerprint density at radius 1 is 1.11 bits per heavy atom. The normalized spacial score (nSPS) is 17.3. The van der Waals surface area contributed by atoms with E-state index in [0.717, 1.165) is 18.4 Å². The molecule has 0 radical (unpaired) electrons. The van der Waals surface area contributed by atoms with Gasteiger partial charge in [-0.15, -0.1) is 0 Å². The van der Waals surface area contributed by atoms with Crippen LogP contribution in [0.1, 0.15) is 44.1 Å². The van der Waals surface area contributed by atoms with Gasteiger partial charge in [-0.05, 0) is 36.6 Å². The van der Waals surface area contributed by atoms with E-state index in [0.29, 0.717) is 11.1 Å². The van der Waals surface area contributed by atoms with Crippen LogP contribution in [0.3, 0.4) is 0 Å². The summed E-state index contributed by atoms with van der Waals surface area (Å²) in [4.78, 5) is 11.8. The third kappa shape index (κ3) is 5.07. The Balaban J connectivity index is 1.84. The molecule has 2 rings (SSSR count). The molecule has 0 heterocycles. The summed E-state index contributed by atoms with van der Waals surface area (Å²) in [6.07, 6.45) is 10.7. The van der Waals surface area contributed by atoms with Crippen LogP contribution in [0, 0.1) is 0 Å². The van der Waals surface area contributed by atoms with Crippen molar-refractivity contribution in [2.45, 2.75) is 44.6 Å². The minimum absolute atomic E-state index is 0.00171. The van der Waals surface area contributed by atoms with Crippen molar-refractivity contribution in [2.24, 2.45) is 0 Å². The van der Waals surface area contributed by atoms with Crippen molar-refractivity contribution in [3.63, 3.8) is 0 Å². The minimum atomic E-state index is 0.00171. The van der Waals surface area contributed by atoms with Gasteiger partial charge in [0.25, 0.3) is 0 Å². The molecule has 0 aromatic heterocycles. The van der Waals surface area contributed by atoms with Crippen molar-refractivity contribution >= 4 is 23.6 Å². The summed E-state index contributed by atoms with van der Waals surface area (Å²) in [7, 11) is 0. The standard InChI is InChI=1S/C16H20ClNO/c17-14-10-7-13(8-11-14)9-12-16(19)18-15-5-3-1-2-4-6-15/h7-12,15H,1-6H2,(H,18,19)/b12-9+. The van der Waals surface area contributed by atoms with E-state index in [4.69, 9.17) is 11.6 Å². The number of carbonyl (C=O) groups excluding carboxylic acids is 1. The highest BCUT2D eigenvalue weighted by atomic mass is 35.5. The van der Waals surface area contributed by atoms with Gasteiger partial charge in [0.2, 0.25) is 5.91 Å². The van der Waals surface area contributed by atoms with Crippen LogP contribution in [0.25, 0.3) is 6.08 Å². The number of hydrogen-bond donors (Lipinski definition) is 1. The largest absolute Gasteiger partial charge is 0.350 e. The van der Waals surface area contributed by atoms with Crippen LogP contribution in [-0.4, -0.2) is 11.9 Å². The highest BCUT2D eigenvalue weighted by molar-refractivity contribution is 6.30. The van der Waals surface area contributed by atoms with Crippen molar-refractivity contribution in [1.82, 2.24) is 5.32 Å². The second-order valence-electron chi connectivity index (χ2n) is 5.08. The van der Waals surface area contributed by atoms with Crippen LogP contribution < -0.4 is 5.32 Å². The van der Waals surface area contributed by atoms with Crippen LogP contribution in [-0.2, 0) is 4.79 Å². The van der Waals surface area contributed by atoms with E-state index in [1.807, 2.05) is 30.3 Å². The molecule has 102 valence electrons. The molecule has 1 aromatic carbocycles. The molecular weight excluding hydrogens is 258 g/mol. The van der Waals surface area contributed by atoms with Crippen LogP contribution in [0.2, 0.25) is 5.02 Å². The molecule has 1 amide bonds. The molecule has 1 aromatic rings. The first kappa shape index (κ1) is 14.1. The molecule has 1 saturated carbocycles. The summed E-state index contributed by atoms with van der Waals surface area (Å²) in [5.41, 5.74) is 0.986. The van der Waals surface area contributed by atoms with Crippen LogP contribution in [0.4, 0.5) is 0 Å². The Morgan fingerprint density at radius 2 is 1.74 bits per heavy atom. The third-order valence-corrected chi connectivity index (χ3v) is 3.75. The highest BCUT2D eigenvalue weighted by Gasteiger charge is 2.12. The molecule has 0 saturated heterocycles. The zero-order chi connectivity index (χ0) is 13.5. The molecule has 1 N–H and O–H groups in total. The first-order chi connectivity index (χ1) is 9.24. The number of halogens is 1. The number of nitrogens with one attached hydrogen (secondary N) is 1. The summed E-state index contributed by atoms with van der Waals surface area (Å²) in [6.45, 7) is 0. The fourth-order valence-corrected chi connectivity index (χ4v) is 2.54. The van der Waals surface area contributed by atoms with Crippen molar-refractivity contribution in [2.75, 3.05) is 0 Å². The maximum Gasteiger partial charge on any atom is 0.244 e. The van der Waals surface area contributed by atoms with Gasteiger partial charge in [-0.3, -0.25) is 4.79 Å². The maximum absolute atomic E-state index is 11.8. The molecular formula is C16H20ClNO. The lowest BCUT2D eigenvalue weighted by Crippen LogP contribution is -2.33. The molecule has 0 unspecified atom stereocenters. The van der Waals surface area contributed by atoms with Crippen molar-refractivity contribution < 1.29 is 4.79 Å². The topological polar surface area (TPSA) is 29.1 Å². The average molecular weight is 278 g/mol. The number of hydrogen-bond acceptors (Lipinski definition) is 1. The SMILES string of the molecule is O=C(/C=C/c1ccc(Cl)cc1)NC1CCCCCC1. The van der Waals surface area contributed by atoms with Gasteiger partial charge >= 0.3 is 0 Å². The predicted molar refractivity (Wildman–Crippen MR) is 80.1 cm³/mol. The second-order valence-corrected chi connectivity index (χ2v) is 5.52. The Kier molecular flexibility index (Phi) is 5.46. The summed E-state index contributed by atoms with van der Waals surface area (Å²) in [5, 5.41) is 3.80. The van der Waals surface area contributed by atoms with Gasteiger partial charge in [0, 0.05) is 17.1 Å². The molecule has 0 spiro atoms. The zero-order valence-electron chi connectivity index (χ0n) is 11.1. The quantitative estimate of drug-likeness (QED) is 0.651. The molecule has 3 heteroatoms. The van der Waals surface area contributed by atoms with Crippen molar-refractivity contribution in [3.05, 3.63) is 40.9 Å². The average Bonchev–Trinajstić information content (AvgIpc) is 2.67. The lowest BCUT2D eigenvalue weighted by atomic mass is 10.1. The van der Waals surface area contributed by atoms with E-state index in [1.165, 1.54) is 25.7 Å². The smallest absolute Gasteiger partial charge is 0.244 e. The summed E-state index contributed by atoms with van der Waals surface area (Å²) >= 11 is 5.82. The summed E-state index contributed by atoms with van der Waals surface area (Å²) in [6, 6.07) is 7.80. The summed E-state index contributed by atoms with van der Waals surface area (Å²) in [5.74, 6) is 0.00171. The molecule has 1 aliphatic rings. The first-order valence-electron chi connectivity index (χ1n) is 6.98. The van der Waals surface area contributed by atoms with Crippen LogP contribution >= 0.6 is 11.6 Å². The van der Waals surface area contributed by atoms with Gasteiger partial charge in [-0.1, -0.05) is 49.4 Å². The van der Waals surface area contributed by atoms with E-state index in [1.54, 1.807) is 6.08 Å². The van der Waals surface area contributed by atoms with Crippen molar-refractivity contribution in [3.8, 4) is 0 Å². The van der Waals surface area contributed by atoms with Gasteiger partial charge < -0.3 is 5.32 Å². The Morgan fingerprint density at radius 3 is 2.37 bits per heavy atom. The Bertz CT molecular complexity index is 431. The van der Waals surface area contributed by atoms with Gasteiger partial charge in [0.15, 0.2) is 0 Å². The van der Waals surface area contributed by atoms with Gasteiger partial charge in [0.05, 0.1) is 0 Å². The Hall–Kier alpha value is -1.28. The van der Waals surface area contributed by atoms with E-state index in [-0.39, 0.29) is 5.91 Å². The number of amides is 1. The fraction of sp³-hybridized carbons (Fsp3) is 0.438. The number of benzene rings is 1. The fourth-order valence-electron chi connectivity index (χ4n) is 2.42. The monoisotopic (exact) mass is 277 g/mol. The van der Waals surface area contributed by atoms with Gasteiger partial charge in [0.1, 0.15) is 0 Å². The van der Waals surface area contributed by atoms with Crippen LogP contribution in [0.15, 0.2) is 30.3 Å².